The molecular weight excluding hydrogens is 346 g/mol. The molecule has 0 saturated carbocycles. The van der Waals surface area contributed by atoms with Gasteiger partial charge < -0.3 is 9.88 Å². The number of hydrogen-bond acceptors (Lipinski definition) is 4. The zero-order valence-corrected chi connectivity index (χ0v) is 15.9. The van der Waals surface area contributed by atoms with E-state index in [2.05, 4.69) is 28.2 Å². The van der Waals surface area contributed by atoms with Gasteiger partial charge in [-0.25, -0.2) is 4.98 Å². The van der Waals surface area contributed by atoms with Crippen molar-refractivity contribution < 1.29 is 4.79 Å². The average molecular weight is 367 g/mol. The first-order valence-corrected chi connectivity index (χ1v) is 9.34. The van der Waals surface area contributed by atoms with E-state index in [0.29, 0.717) is 22.5 Å². The van der Waals surface area contributed by atoms with Gasteiger partial charge in [-0.2, -0.15) is 0 Å². The Morgan fingerprint density at radius 3 is 2.77 bits per heavy atom. The molecule has 2 aromatic carbocycles. The summed E-state index contributed by atoms with van der Waals surface area (Å²) in [7, 11) is 1.72. The third-order valence-corrected chi connectivity index (χ3v) is 5.31. The number of aromatic nitrogens is 2. The van der Waals surface area contributed by atoms with E-state index in [4.69, 9.17) is 0 Å². The van der Waals surface area contributed by atoms with E-state index < -0.39 is 0 Å². The highest BCUT2D eigenvalue weighted by molar-refractivity contribution is 8.00. The summed E-state index contributed by atoms with van der Waals surface area (Å²) in [5.41, 5.74) is 2.79. The number of nitrogens with one attached hydrogen (secondary N) is 1. The number of carbonyl (C=O) groups excluding carboxylic acids is 1. The van der Waals surface area contributed by atoms with Crippen LogP contribution in [0, 0.1) is 13.8 Å². The molecule has 1 amide bonds. The van der Waals surface area contributed by atoms with Crippen molar-refractivity contribution in [2.24, 2.45) is 0 Å². The molecule has 0 fully saturated rings. The summed E-state index contributed by atoms with van der Waals surface area (Å²) in [6.45, 7) is 4.35. The first-order chi connectivity index (χ1) is 12.4. The van der Waals surface area contributed by atoms with Gasteiger partial charge in [-0.1, -0.05) is 29.8 Å². The van der Waals surface area contributed by atoms with Gasteiger partial charge in [0.2, 0.25) is 5.91 Å². The zero-order chi connectivity index (χ0) is 18.7. The standard InChI is InChI=1S/C20H21N3O2S/c1-13-8-9-14(2)17(10-13)26-12-19(24)23(3)11-18-21-16-7-5-4-6-15(16)20(25)22-18/h4-10H,11-12H2,1-3H3,(H,21,22,25). The highest BCUT2D eigenvalue weighted by atomic mass is 32.2. The van der Waals surface area contributed by atoms with Crippen molar-refractivity contribution in [3.05, 3.63) is 69.8 Å². The third kappa shape index (κ3) is 4.14. The lowest BCUT2D eigenvalue weighted by atomic mass is 10.2. The summed E-state index contributed by atoms with van der Waals surface area (Å²) in [5, 5.41) is 0.552. The Balaban J connectivity index is 1.67. The maximum absolute atomic E-state index is 12.5. The van der Waals surface area contributed by atoms with Crippen molar-refractivity contribution in [1.29, 1.82) is 0 Å². The molecule has 0 radical (unpaired) electrons. The van der Waals surface area contributed by atoms with Crippen LogP contribution in [-0.2, 0) is 11.3 Å². The number of aryl methyl sites for hydroxylation is 2. The van der Waals surface area contributed by atoms with Crippen molar-refractivity contribution in [3.63, 3.8) is 0 Å². The SMILES string of the molecule is Cc1ccc(C)c(SCC(=O)N(C)Cc2nc3ccccc3c(=O)[nH]2)c1. The smallest absolute Gasteiger partial charge is 0.258 e. The number of fused-ring (bicyclic) bond motifs is 1. The molecule has 5 nitrogen and oxygen atoms in total. The van der Waals surface area contributed by atoms with Gasteiger partial charge in [0.1, 0.15) is 5.82 Å². The third-order valence-electron chi connectivity index (χ3n) is 4.17. The highest BCUT2D eigenvalue weighted by Crippen LogP contribution is 2.23. The molecule has 3 rings (SSSR count). The van der Waals surface area contributed by atoms with Crippen LogP contribution < -0.4 is 5.56 Å². The van der Waals surface area contributed by atoms with Crippen molar-refractivity contribution in [3.8, 4) is 0 Å². The lowest BCUT2D eigenvalue weighted by Gasteiger charge is -2.17. The molecule has 0 aliphatic carbocycles. The Morgan fingerprint density at radius 2 is 1.96 bits per heavy atom. The summed E-state index contributed by atoms with van der Waals surface area (Å²) >= 11 is 1.53. The van der Waals surface area contributed by atoms with Gasteiger partial charge in [-0.15, -0.1) is 11.8 Å². The fourth-order valence-corrected chi connectivity index (χ4v) is 3.70. The molecular formula is C20H21N3O2S. The second kappa shape index (κ2) is 7.74. The predicted molar refractivity (Wildman–Crippen MR) is 105 cm³/mol. The number of nitrogens with zero attached hydrogens (tertiary/aromatic N) is 2. The number of aromatic amines is 1. The van der Waals surface area contributed by atoms with Crippen molar-refractivity contribution in [2.45, 2.75) is 25.3 Å². The van der Waals surface area contributed by atoms with Gasteiger partial charge >= 0.3 is 0 Å². The summed E-state index contributed by atoms with van der Waals surface area (Å²) in [6, 6.07) is 13.4. The zero-order valence-electron chi connectivity index (χ0n) is 15.1. The minimum absolute atomic E-state index is 0.00767. The molecule has 0 saturated heterocycles. The molecule has 0 bridgehead atoms. The van der Waals surface area contributed by atoms with E-state index in [1.54, 1.807) is 30.1 Å². The normalized spacial score (nSPS) is 10.9. The van der Waals surface area contributed by atoms with E-state index >= 15 is 0 Å². The van der Waals surface area contributed by atoms with Gasteiger partial charge in [0.05, 0.1) is 23.2 Å². The van der Waals surface area contributed by atoms with Crippen molar-refractivity contribution in [1.82, 2.24) is 14.9 Å². The molecule has 0 spiro atoms. The predicted octanol–water partition coefficient (Wildman–Crippen LogP) is 3.29. The summed E-state index contributed by atoms with van der Waals surface area (Å²) < 4.78 is 0. The molecule has 3 aromatic rings. The van der Waals surface area contributed by atoms with Gasteiger partial charge in [0, 0.05) is 11.9 Å². The van der Waals surface area contributed by atoms with Crippen LogP contribution in [0.25, 0.3) is 10.9 Å². The Kier molecular flexibility index (Phi) is 5.42. The van der Waals surface area contributed by atoms with Crippen LogP contribution in [0.2, 0.25) is 0 Å². The number of rotatable bonds is 5. The number of benzene rings is 2. The van der Waals surface area contributed by atoms with E-state index in [9.17, 15) is 9.59 Å². The highest BCUT2D eigenvalue weighted by Gasteiger charge is 2.13. The molecule has 0 atom stereocenters. The molecule has 1 heterocycles. The van der Waals surface area contributed by atoms with Gasteiger partial charge in [0.15, 0.2) is 0 Å². The number of hydrogen-bond donors (Lipinski definition) is 1. The Hall–Kier alpha value is -2.60. The number of amides is 1. The molecule has 6 heteroatoms. The number of carbonyl (C=O) groups is 1. The van der Waals surface area contributed by atoms with Crippen LogP contribution in [0.1, 0.15) is 17.0 Å². The quantitative estimate of drug-likeness (QED) is 0.703. The van der Waals surface area contributed by atoms with E-state index in [1.807, 2.05) is 19.9 Å². The summed E-state index contributed by atoms with van der Waals surface area (Å²) in [5.74, 6) is 0.825. The fourth-order valence-electron chi connectivity index (χ4n) is 2.64. The van der Waals surface area contributed by atoms with Crippen molar-refractivity contribution in [2.75, 3.05) is 12.8 Å². The van der Waals surface area contributed by atoms with E-state index in [1.165, 1.54) is 17.3 Å². The summed E-state index contributed by atoms with van der Waals surface area (Å²) in [4.78, 5) is 34.5. The van der Waals surface area contributed by atoms with Crippen LogP contribution in [0.3, 0.4) is 0 Å². The van der Waals surface area contributed by atoms with Gasteiger partial charge in [-0.05, 0) is 37.6 Å². The molecule has 134 valence electrons. The largest absolute Gasteiger partial charge is 0.338 e. The minimum Gasteiger partial charge on any atom is -0.338 e. The number of H-pyrrole nitrogens is 1. The summed E-state index contributed by atoms with van der Waals surface area (Å²) in [6.07, 6.45) is 0. The van der Waals surface area contributed by atoms with Crippen LogP contribution in [-0.4, -0.2) is 33.6 Å². The molecule has 1 aromatic heterocycles. The second-order valence-corrected chi connectivity index (χ2v) is 7.35. The Morgan fingerprint density at radius 1 is 1.19 bits per heavy atom. The molecule has 0 aliphatic rings. The molecule has 0 aliphatic heterocycles. The van der Waals surface area contributed by atoms with Crippen molar-refractivity contribution >= 4 is 28.6 Å². The minimum atomic E-state index is -0.184. The van der Waals surface area contributed by atoms with Crippen LogP contribution in [0.5, 0.6) is 0 Å². The number of thioether (sulfide) groups is 1. The van der Waals surface area contributed by atoms with Gasteiger partial charge in [0.25, 0.3) is 5.56 Å². The van der Waals surface area contributed by atoms with Crippen LogP contribution in [0.15, 0.2) is 52.2 Å². The first kappa shape index (κ1) is 18.2. The lowest BCUT2D eigenvalue weighted by Crippen LogP contribution is -2.29. The molecule has 0 unspecified atom stereocenters. The average Bonchev–Trinajstić information content (AvgIpc) is 2.62. The molecule has 26 heavy (non-hydrogen) atoms. The second-order valence-electron chi connectivity index (χ2n) is 6.34. The van der Waals surface area contributed by atoms with Crippen LogP contribution in [0.4, 0.5) is 0 Å². The van der Waals surface area contributed by atoms with Crippen LogP contribution >= 0.6 is 11.8 Å². The lowest BCUT2D eigenvalue weighted by molar-refractivity contribution is -0.127. The van der Waals surface area contributed by atoms with Gasteiger partial charge in [-0.3, -0.25) is 9.59 Å². The monoisotopic (exact) mass is 367 g/mol. The Bertz CT molecular complexity index is 1010. The molecule has 1 N–H and O–H groups in total. The topological polar surface area (TPSA) is 66.1 Å². The van der Waals surface area contributed by atoms with E-state index in [0.717, 1.165) is 10.5 Å². The first-order valence-electron chi connectivity index (χ1n) is 8.36. The number of para-hydroxylation sites is 1. The maximum atomic E-state index is 12.5. The Labute approximate surface area is 156 Å². The fraction of sp³-hybridized carbons (Fsp3) is 0.250. The maximum Gasteiger partial charge on any atom is 0.258 e. The van der Waals surface area contributed by atoms with E-state index in [-0.39, 0.29) is 18.0 Å².